The second kappa shape index (κ2) is 5.69. The summed E-state index contributed by atoms with van der Waals surface area (Å²) in [6.07, 6.45) is 4.97. The minimum atomic E-state index is -0.233. The van der Waals surface area contributed by atoms with Crippen LogP contribution < -0.4 is 5.32 Å². The van der Waals surface area contributed by atoms with Gasteiger partial charge in [-0.1, -0.05) is 6.92 Å². The lowest BCUT2D eigenvalue weighted by molar-refractivity contribution is -0.121. The van der Waals surface area contributed by atoms with Gasteiger partial charge in [0.2, 0.25) is 5.91 Å². The van der Waals surface area contributed by atoms with Gasteiger partial charge in [-0.2, -0.15) is 10.2 Å². The van der Waals surface area contributed by atoms with Crippen molar-refractivity contribution in [2.24, 2.45) is 13.0 Å². The van der Waals surface area contributed by atoms with E-state index in [4.69, 9.17) is 4.74 Å². The highest BCUT2D eigenvalue weighted by Gasteiger charge is 2.36. The number of aromatic amines is 1. The number of nitrogens with one attached hydrogen (secondary N) is 2. The fourth-order valence-electron chi connectivity index (χ4n) is 2.60. The summed E-state index contributed by atoms with van der Waals surface area (Å²) in [5, 5.41) is 14.0. The fraction of sp³-hybridized carbons (Fsp3) is 0.500. The monoisotopic (exact) mass is 289 g/mol. The van der Waals surface area contributed by atoms with Crippen LogP contribution in [-0.4, -0.2) is 32.5 Å². The maximum atomic E-state index is 12.4. The highest BCUT2D eigenvalue weighted by molar-refractivity contribution is 5.92. The number of aromatic nitrogens is 4. The van der Waals surface area contributed by atoms with Gasteiger partial charge in [-0.3, -0.25) is 14.6 Å². The van der Waals surface area contributed by atoms with E-state index in [0.29, 0.717) is 18.8 Å². The summed E-state index contributed by atoms with van der Waals surface area (Å²) >= 11 is 0. The molecular weight excluding hydrogens is 270 g/mol. The summed E-state index contributed by atoms with van der Waals surface area (Å²) in [6.45, 7) is 2.61. The first-order chi connectivity index (χ1) is 10.2. The molecule has 0 radical (unpaired) electrons. The molecule has 2 aromatic heterocycles. The van der Waals surface area contributed by atoms with E-state index < -0.39 is 0 Å². The van der Waals surface area contributed by atoms with E-state index in [1.54, 1.807) is 10.9 Å². The normalized spacial score (nSPS) is 21.6. The zero-order valence-corrected chi connectivity index (χ0v) is 12.2. The standard InChI is InChI=1S/C14H19N5O2/c1-3-10-6-12(18-17-10)16-14(20)11-4-5-21-13(11)9-7-15-19(2)8-9/h6-8,11,13H,3-5H2,1-2H3,(H2,16,17,18,20)/t11-,13+/m0/s1. The number of amides is 1. The van der Waals surface area contributed by atoms with Crippen molar-refractivity contribution >= 4 is 11.7 Å². The minimum absolute atomic E-state index is 0.0597. The lowest BCUT2D eigenvalue weighted by Gasteiger charge is -2.16. The van der Waals surface area contributed by atoms with Gasteiger partial charge < -0.3 is 10.1 Å². The number of rotatable bonds is 4. The third-order valence-electron chi connectivity index (χ3n) is 3.74. The lowest BCUT2D eigenvalue weighted by Crippen LogP contribution is -2.25. The molecule has 0 spiro atoms. The van der Waals surface area contributed by atoms with Crippen molar-refractivity contribution in [1.29, 1.82) is 0 Å². The molecule has 0 aromatic carbocycles. The summed E-state index contributed by atoms with van der Waals surface area (Å²) < 4.78 is 7.42. The van der Waals surface area contributed by atoms with Crippen molar-refractivity contribution in [2.45, 2.75) is 25.9 Å². The van der Waals surface area contributed by atoms with Crippen LogP contribution in [0, 0.1) is 5.92 Å². The van der Waals surface area contributed by atoms with Crippen LogP contribution >= 0.6 is 0 Å². The van der Waals surface area contributed by atoms with Crippen molar-refractivity contribution in [3.8, 4) is 0 Å². The Morgan fingerprint density at radius 2 is 2.48 bits per heavy atom. The number of H-pyrrole nitrogens is 1. The Morgan fingerprint density at radius 3 is 3.14 bits per heavy atom. The number of anilines is 1. The van der Waals surface area contributed by atoms with Crippen LogP contribution in [0.1, 0.15) is 30.7 Å². The van der Waals surface area contributed by atoms with Gasteiger partial charge in [0.25, 0.3) is 0 Å². The number of hydrogen-bond acceptors (Lipinski definition) is 4. The number of carbonyl (C=O) groups excluding carboxylic acids is 1. The van der Waals surface area contributed by atoms with Crippen LogP contribution in [0.5, 0.6) is 0 Å². The van der Waals surface area contributed by atoms with Gasteiger partial charge in [0.05, 0.1) is 18.2 Å². The van der Waals surface area contributed by atoms with E-state index in [1.807, 2.05) is 26.2 Å². The van der Waals surface area contributed by atoms with E-state index in [2.05, 4.69) is 20.6 Å². The minimum Gasteiger partial charge on any atom is -0.373 e. The Bertz CT molecular complexity index is 633. The maximum Gasteiger partial charge on any atom is 0.231 e. The molecule has 0 unspecified atom stereocenters. The number of aryl methyl sites for hydroxylation is 2. The zero-order chi connectivity index (χ0) is 14.8. The molecule has 1 saturated heterocycles. The summed E-state index contributed by atoms with van der Waals surface area (Å²) in [5.74, 6) is 0.292. The second-order valence-corrected chi connectivity index (χ2v) is 5.26. The van der Waals surface area contributed by atoms with Crippen molar-refractivity contribution < 1.29 is 9.53 Å². The van der Waals surface area contributed by atoms with E-state index >= 15 is 0 Å². The molecule has 112 valence electrons. The molecule has 1 aliphatic rings. The average molecular weight is 289 g/mol. The molecule has 0 saturated carbocycles. The molecule has 0 aliphatic carbocycles. The Kier molecular flexibility index (Phi) is 3.74. The van der Waals surface area contributed by atoms with E-state index in [0.717, 1.165) is 17.7 Å². The molecule has 2 N–H and O–H groups in total. The Balaban J connectivity index is 1.71. The first kappa shape index (κ1) is 13.8. The topological polar surface area (TPSA) is 84.8 Å². The molecule has 3 heterocycles. The van der Waals surface area contributed by atoms with Gasteiger partial charge in [-0.05, 0) is 12.8 Å². The highest BCUT2D eigenvalue weighted by atomic mass is 16.5. The van der Waals surface area contributed by atoms with Crippen molar-refractivity contribution in [2.75, 3.05) is 11.9 Å². The largest absolute Gasteiger partial charge is 0.373 e. The summed E-state index contributed by atoms with van der Waals surface area (Å²) in [5.41, 5.74) is 1.93. The van der Waals surface area contributed by atoms with Crippen molar-refractivity contribution in [3.63, 3.8) is 0 Å². The highest BCUT2D eigenvalue weighted by Crippen LogP contribution is 2.34. The summed E-state index contributed by atoms with van der Waals surface area (Å²) in [7, 11) is 1.85. The average Bonchev–Trinajstić information content (AvgIpc) is 3.17. The van der Waals surface area contributed by atoms with Crippen LogP contribution in [0.3, 0.4) is 0 Å². The first-order valence-corrected chi connectivity index (χ1v) is 7.12. The summed E-state index contributed by atoms with van der Waals surface area (Å²) in [6, 6.07) is 1.85. The Hall–Kier alpha value is -2.15. The van der Waals surface area contributed by atoms with Gasteiger partial charge in [-0.15, -0.1) is 0 Å². The molecule has 3 rings (SSSR count). The number of nitrogens with zero attached hydrogens (tertiary/aromatic N) is 3. The SMILES string of the molecule is CCc1cc(NC(=O)[C@H]2CCO[C@@H]2c2cnn(C)c2)n[nH]1. The summed E-state index contributed by atoms with van der Waals surface area (Å²) in [4.78, 5) is 12.4. The van der Waals surface area contributed by atoms with Gasteiger partial charge >= 0.3 is 0 Å². The van der Waals surface area contributed by atoms with Gasteiger partial charge in [-0.25, -0.2) is 0 Å². The molecule has 1 amide bonds. The lowest BCUT2D eigenvalue weighted by atomic mass is 9.96. The molecule has 7 nitrogen and oxygen atoms in total. The smallest absolute Gasteiger partial charge is 0.231 e. The molecule has 21 heavy (non-hydrogen) atoms. The Labute approximate surface area is 122 Å². The predicted molar refractivity (Wildman–Crippen MR) is 76.6 cm³/mol. The molecule has 2 aromatic rings. The quantitative estimate of drug-likeness (QED) is 0.891. The van der Waals surface area contributed by atoms with Crippen molar-refractivity contribution in [1.82, 2.24) is 20.0 Å². The molecule has 1 aliphatic heterocycles. The molecule has 0 bridgehead atoms. The van der Waals surface area contributed by atoms with E-state index in [9.17, 15) is 4.79 Å². The van der Waals surface area contributed by atoms with Gasteiger partial charge in [0, 0.05) is 37.2 Å². The zero-order valence-electron chi connectivity index (χ0n) is 12.2. The van der Waals surface area contributed by atoms with Gasteiger partial charge in [0.1, 0.15) is 0 Å². The fourth-order valence-corrected chi connectivity index (χ4v) is 2.60. The van der Waals surface area contributed by atoms with Crippen molar-refractivity contribution in [3.05, 3.63) is 29.7 Å². The Morgan fingerprint density at radius 1 is 1.62 bits per heavy atom. The third kappa shape index (κ3) is 2.82. The molecule has 7 heteroatoms. The van der Waals surface area contributed by atoms with E-state index in [1.165, 1.54) is 0 Å². The number of carbonyl (C=O) groups is 1. The van der Waals surface area contributed by atoms with Gasteiger partial charge in [0.15, 0.2) is 5.82 Å². The maximum absolute atomic E-state index is 12.4. The number of hydrogen-bond donors (Lipinski definition) is 2. The third-order valence-corrected chi connectivity index (χ3v) is 3.74. The van der Waals surface area contributed by atoms with Crippen LogP contribution in [0.25, 0.3) is 0 Å². The van der Waals surface area contributed by atoms with E-state index in [-0.39, 0.29) is 17.9 Å². The second-order valence-electron chi connectivity index (χ2n) is 5.26. The first-order valence-electron chi connectivity index (χ1n) is 7.12. The molecular formula is C14H19N5O2. The van der Waals surface area contributed by atoms with Crippen LogP contribution in [-0.2, 0) is 23.0 Å². The van der Waals surface area contributed by atoms with Crippen LogP contribution in [0.4, 0.5) is 5.82 Å². The molecule has 2 atom stereocenters. The van der Waals surface area contributed by atoms with Crippen LogP contribution in [0.15, 0.2) is 18.5 Å². The molecule has 1 fully saturated rings. The predicted octanol–water partition coefficient (Wildman–Crippen LogP) is 1.42. The number of ether oxygens (including phenoxy) is 1. The van der Waals surface area contributed by atoms with Crippen LogP contribution in [0.2, 0.25) is 0 Å².